The van der Waals surface area contributed by atoms with Gasteiger partial charge in [0.15, 0.2) is 0 Å². The number of nitriles is 1. The number of benzene rings is 2. The van der Waals surface area contributed by atoms with Gasteiger partial charge in [-0.25, -0.2) is 8.78 Å². The molecule has 162 valence electrons. The third-order valence-corrected chi connectivity index (χ3v) is 6.03. The van der Waals surface area contributed by atoms with E-state index in [0.717, 1.165) is 37.9 Å². The van der Waals surface area contributed by atoms with Gasteiger partial charge in [-0.2, -0.15) is 5.26 Å². The summed E-state index contributed by atoms with van der Waals surface area (Å²) in [5.74, 6) is -0.249. The molecule has 1 aliphatic rings. The van der Waals surface area contributed by atoms with E-state index in [4.69, 9.17) is 5.26 Å². The summed E-state index contributed by atoms with van der Waals surface area (Å²) in [5, 5.41) is 7.32. The summed E-state index contributed by atoms with van der Waals surface area (Å²) in [6, 6.07) is 21.0. The van der Waals surface area contributed by atoms with Crippen molar-refractivity contribution in [1.82, 2.24) is 4.90 Å². The summed E-state index contributed by atoms with van der Waals surface area (Å²) in [5.41, 5.74) is 3.60. The van der Waals surface area contributed by atoms with Gasteiger partial charge < -0.3 is 4.90 Å². The van der Waals surface area contributed by atoms with E-state index in [0.29, 0.717) is 12.5 Å². The Morgan fingerprint density at radius 3 is 2.17 bits per heavy atom. The number of hydrogen-bond donors (Lipinski definition) is 0. The van der Waals surface area contributed by atoms with Crippen LogP contribution >= 0.6 is 0 Å². The van der Waals surface area contributed by atoms with Crippen LogP contribution in [0.25, 0.3) is 0 Å². The Morgan fingerprint density at radius 1 is 1.03 bits per heavy atom. The van der Waals surface area contributed by atoms with Crippen molar-refractivity contribution in [2.24, 2.45) is 0 Å². The Bertz CT molecular complexity index is 770. The molecule has 3 rings (SSSR count). The van der Waals surface area contributed by atoms with E-state index >= 15 is 0 Å². The predicted molar refractivity (Wildman–Crippen MR) is 120 cm³/mol. The van der Waals surface area contributed by atoms with E-state index in [1.807, 2.05) is 12.1 Å². The minimum Gasteiger partial charge on any atom is -0.301 e. The molecule has 0 spiro atoms. The molecule has 0 amide bonds. The molecule has 30 heavy (non-hydrogen) atoms. The average Bonchev–Trinajstić information content (AvgIpc) is 2.78. The fourth-order valence-electron chi connectivity index (χ4n) is 3.98. The van der Waals surface area contributed by atoms with Crippen molar-refractivity contribution in [3.8, 4) is 6.07 Å². The normalized spacial score (nSPS) is 21.2. The summed E-state index contributed by atoms with van der Waals surface area (Å²) < 4.78 is 26.6. The molecule has 4 atom stereocenters. The van der Waals surface area contributed by atoms with Gasteiger partial charge in [0.1, 0.15) is 12.3 Å². The third-order valence-electron chi connectivity index (χ3n) is 6.03. The Morgan fingerprint density at radius 2 is 1.63 bits per heavy atom. The zero-order valence-corrected chi connectivity index (χ0v) is 18.4. The largest absolute Gasteiger partial charge is 0.301 e. The molecular weight excluding hydrogens is 378 g/mol. The van der Waals surface area contributed by atoms with E-state index < -0.39 is 12.3 Å². The molecule has 0 aliphatic heterocycles. The first-order chi connectivity index (χ1) is 14.5. The first kappa shape index (κ1) is 24.0. The summed E-state index contributed by atoms with van der Waals surface area (Å²) in [6.45, 7) is 8.08. The number of rotatable bonds is 9. The highest BCUT2D eigenvalue weighted by Crippen LogP contribution is 2.41. The smallest absolute Gasteiger partial charge is 0.138 e. The summed E-state index contributed by atoms with van der Waals surface area (Å²) >= 11 is 0. The first-order valence-electron chi connectivity index (χ1n) is 11.0. The quantitative estimate of drug-likeness (QED) is 0.486. The van der Waals surface area contributed by atoms with E-state index in [1.54, 1.807) is 6.07 Å². The molecule has 0 N–H and O–H groups in total. The lowest BCUT2D eigenvalue weighted by Crippen LogP contribution is -2.38. The molecule has 2 aromatic carbocycles. The van der Waals surface area contributed by atoms with Crippen LogP contribution in [0.15, 0.2) is 54.6 Å². The van der Waals surface area contributed by atoms with Crippen molar-refractivity contribution in [3.05, 3.63) is 71.3 Å². The van der Waals surface area contributed by atoms with E-state index in [1.165, 1.54) is 18.1 Å². The zero-order chi connectivity index (χ0) is 21.9. The Balaban J connectivity index is 0.00000101. The molecule has 2 aromatic rings. The molecule has 1 fully saturated rings. The van der Waals surface area contributed by atoms with E-state index in [9.17, 15) is 8.78 Å². The standard InChI is InChI=1S/C24H31F2N.C2H3N/c1-3-27(16-15-19-7-5-4-6-8-19)18(2)9-10-20-11-13-21(14-12-20)22-17-23(25)24(22)26;1-2-3/h4-8,11-14,18,22-24H,3,9-10,15-17H2,1-2H3;1H3. The lowest BCUT2D eigenvalue weighted by Gasteiger charge is -2.34. The molecule has 4 heteroatoms. The van der Waals surface area contributed by atoms with Crippen molar-refractivity contribution in [2.45, 2.75) is 70.8 Å². The highest BCUT2D eigenvalue weighted by Gasteiger charge is 2.42. The highest BCUT2D eigenvalue weighted by molar-refractivity contribution is 5.29. The first-order valence-corrected chi connectivity index (χ1v) is 11.0. The van der Waals surface area contributed by atoms with Gasteiger partial charge in [0.25, 0.3) is 0 Å². The third kappa shape index (κ3) is 6.92. The SMILES string of the molecule is CC#N.CCN(CCc1ccccc1)C(C)CCc1ccc(C2CC(F)C2F)cc1. The fraction of sp³-hybridized carbons (Fsp3) is 0.500. The van der Waals surface area contributed by atoms with Crippen LogP contribution in [-0.4, -0.2) is 36.4 Å². The van der Waals surface area contributed by atoms with Crippen molar-refractivity contribution in [1.29, 1.82) is 5.26 Å². The molecule has 1 aliphatic carbocycles. The zero-order valence-electron chi connectivity index (χ0n) is 18.4. The van der Waals surface area contributed by atoms with Gasteiger partial charge in [-0.15, -0.1) is 0 Å². The monoisotopic (exact) mass is 412 g/mol. The van der Waals surface area contributed by atoms with Crippen LogP contribution in [0.5, 0.6) is 0 Å². The number of halogens is 2. The number of aryl methyl sites for hydroxylation is 1. The fourth-order valence-corrected chi connectivity index (χ4v) is 3.98. The minimum absolute atomic E-state index is 0.249. The lowest BCUT2D eigenvalue weighted by atomic mass is 9.76. The number of likely N-dealkylation sites (N-methyl/N-ethyl adjacent to an activating group) is 1. The maximum absolute atomic E-state index is 13.6. The molecule has 1 saturated carbocycles. The van der Waals surface area contributed by atoms with Gasteiger partial charge in [0.05, 0.1) is 6.07 Å². The molecule has 0 heterocycles. The van der Waals surface area contributed by atoms with Gasteiger partial charge in [-0.1, -0.05) is 61.5 Å². The molecule has 0 radical (unpaired) electrons. The lowest BCUT2D eigenvalue weighted by molar-refractivity contribution is 0.0428. The second-order valence-corrected chi connectivity index (χ2v) is 8.02. The Labute approximate surface area is 180 Å². The van der Waals surface area contributed by atoms with E-state index in [2.05, 4.69) is 61.2 Å². The van der Waals surface area contributed by atoms with Crippen LogP contribution in [0.3, 0.4) is 0 Å². The van der Waals surface area contributed by atoms with Crippen molar-refractivity contribution < 1.29 is 8.78 Å². The summed E-state index contributed by atoms with van der Waals surface area (Å²) in [4.78, 5) is 2.53. The molecule has 0 bridgehead atoms. The predicted octanol–water partition coefficient (Wildman–Crippen LogP) is 6.27. The Kier molecular flexibility index (Phi) is 9.97. The maximum atomic E-state index is 13.6. The van der Waals surface area contributed by atoms with Gasteiger partial charge >= 0.3 is 0 Å². The van der Waals surface area contributed by atoms with Crippen molar-refractivity contribution in [2.75, 3.05) is 13.1 Å². The topological polar surface area (TPSA) is 27.0 Å². The van der Waals surface area contributed by atoms with Crippen molar-refractivity contribution in [3.63, 3.8) is 0 Å². The van der Waals surface area contributed by atoms with Crippen LogP contribution in [0.1, 0.15) is 56.2 Å². The van der Waals surface area contributed by atoms with Crippen molar-refractivity contribution >= 4 is 0 Å². The van der Waals surface area contributed by atoms with Gasteiger partial charge in [-0.3, -0.25) is 0 Å². The van der Waals surface area contributed by atoms with Gasteiger partial charge in [0, 0.05) is 25.4 Å². The van der Waals surface area contributed by atoms with Crippen LogP contribution in [-0.2, 0) is 12.8 Å². The average molecular weight is 413 g/mol. The van der Waals surface area contributed by atoms with E-state index in [-0.39, 0.29) is 5.92 Å². The molecular formula is C26H34F2N2. The Hall–Kier alpha value is -2.25. The minimum atomic E-state index is -1.32. The van der Waals surface area contributed by atoms with Crippen LogP contribution in [0.4, 0.5) is 8.78 Å². The maximum Gasteiger partial charge on any atom is 0.138 e. The van der Waals surface area contributed by atoms with Gasteiger partial charge in [0.2, 0.25) is 0 Å². The molecule has 0 aromatic heterocycles. The summed E-state index contributed by atoms with van der Waals surface area (Å²) in [7, 11) is 0. The number of alkyl halides is 2. The number of nitrogens with zero attached hydrogens (tertiary/aromatic N) is 2. The molecule has 4 unspecified atom stereocenters. The van der Waals surface area contributed by atoms with Crippen LogP contribution < -0.4 is 0 Å². The van der Waals surface area contributed by atoms with Crippen LogP contribution in [0.2, 0.25) is 0 Å². The molecule has 0 saturated heterocycles. The number of hydrogen-bond acceptors (Lipinski definition) is 2. The van der Waals surface area contributed by atoms with Gasteiger partial charge in [-0.05, 0) is 55.8 Å². The molecule has 2 nitrogen and oxygen atoms in total. The highest BCUT2D eigenvalue weighted by atomic mass is 19.2. The van der Waals surface area contributed by atoms with Crippen LogP contribution in [0, 0.1) is 11.3 Å². The second-order valence-electron chi connectivity index (χ2n) is 8.02. The summed E-state index contributed by atoms with van der Waals surface area (Å²) in [6.07, 6.45) is 0.923. The second kappa shape index (κ2) is 12.4.